The molecule has 0 saturated carbocycles. The van der Waals surface area contributed by atoms with E-state index in [1.54, 1.807) is 37.3 Å². The van der Waals surface area contributed by atoms with Gasteiger partial charge in [0.05, 0.1) is 16.9 Å². The highest BCUT2D eigenvalue weighted by atomic mass is 19.4. The molecule has 180 valence electrons. The van der Waals surface area contributed by atoms with Crippen molar-refractivity contribution < 1.29 is 27.6 Å². The second-order valence-electron chi connectivity index (χ2n) is 8.42. The quantitative estimate of drug-likeness (QED) is 0.618. The maximum Gasteiger partial charge on any atom is 0.416 e. The minimum atomic E-state index is -4.58. The number of amides is 4. The van der Waals surface area contributed by atoms with E-state index < -0.39 is 41.7 Å². The SMILES string of the molecule is CC[C@@]1(c2ccccc2)NC(=O)N(CC(=O)Nc2cc(C(F)(F)F)ccc2N2CCCC2)C1=O. The van der Waals surface area contributed by atoms with Gasteiger partial charge in [0.1, 0.15) is 12.1 Å². The topological polar surface area (TPSA) is 81.8 Å². The Morgan fingerprint density at radius 3 is 2.38 bits per heavy atom. The van der Waals surface area contributed by atoms with Gasteiger partial charge in [-0.1, -0.05) is 37.3 Å². The Bertz CT molecular complexity index is 1100. The Kier molecular flexibility index (Phi) is 6.24. The summed E-state index contributed by atoms with van der Waals surface area (Å²) in [7, 11) is 0. The van der Waals surface area contributed by atoms with Crippen molar-refractivity contribution in [2.75, 3.05) is 29.9 Å². The Morgan fingerprint density at radius 2 is 1.76 bits per heavy atom. The van der Waals surface area contributed by atoms with Crippen LogP contribution in [0.3, 0.4) is 0 Å². The Hall–Kier alpha value is -3.56. The fourth-order valence-electron chi connectivity index (χ4n) is 4.51. The molecule has 1 atom stereocenters. The van der Waals surface area contributed by atoms with Crippen molar-refractivity contribution >= 4 is 29.2 Å². The number of halogens is 3. The van der Waals surface area contributed by atoms with Crippen LogP contribution in [0.25, 0.3) is 0 Å². The molecule has 0 unspecified atom stereocenters. The third-order valence-electron chi connectivity index (χ3n) is 6.32. The molecule has 2 aromatic carbocycles. The second-order valence-corrected chi connectivity index (χ2v) is 8.42. The maximum atomic E-state index is 13.3. The molecule has 0 bridgehead atoms. The number of nitrogens with zero attached hydrogens (tertiary/aromatic N) is 2. The summed E-state index contributed by atoms with van der Waals surface area (Å²) in [5, 5.41) is 5.19. The summed E-state index contributed by atoms with van der Waals surface area (Å²) in [5.41, 5.74) is -1.13. The fraction of sp³-hybridized carbons (Fsp3) is 0.375. The highest BCUT2D eigenvalue weighted by Gasteiger charge is 2.51. The maximum absolute atomic E-state index is 13.3. The minimum absolute atomic E-state index is 0.00130. The number of imide groups is 1. The fourth-order valence-corrected chi connectivity index (χ4v) is 4.51. The lowest BCUT2D eigenvalue weighted by Gasteiger charge is -2.26. The molecular formula is C24H25F3N4O3. The van der Waals surface area contributed by atoms with Gasteiger partial charge in [0.15, 0.2) is 0 Å². The Labute approximate surface area is 194 Å². The van der Waals surface area contributed by atoms with Gasteiger partial charge in [-0.05, 0) is 43.0 Å². The molecule has 4 amide bonds. The zero-order valence-electron chi connectivity index (χ0n) is 18.6. The molecular weight excluding hydrogens is 449 g/mol. The van der Waals surface area contributed by atoms with E-state index in [0.29, 0.717) is 24.3 Å². The lowest BCUT2D eigenvalue weighted by molar-refractivity contribution is -0.137. The van der Waals surface area contributed by atoms with Crippen LogP contribution in [0.2, 0.25) is 0 Å². The van der Waals surface area contributed by atoms with E-state index in [4.69, 9.17) is 0 Å². The molecule has 2 heterocycles. The molecule has 2 aromatic rings. The minimum Gasteiger partial charge on any atom is -0.370 e. The number of benzene rings is 2. The molecule has 0 aliphatic carbocycles. The van der Waals surface area contributed by atoms with Crippen molar-refractivity contribution in [3.8, 4) is 0 Å². The molecule has 2 saturated heterocycles. The molecule has 34 heavy (non-hydrogen) atoms. The lowest BCUT2D eigenvalue weighted by atomic mass is 9.87. The summed E-state index contributed by atoms with van der Waals surface area (Å²) in [6, 6.07) is 11.2. The molecule has 2 N–H and O–H groups in total. The smallest absolute Gasteiger partial charge is 0.370 e. The molecule has 4 rings (SSSR count). The first-order valence-electron chi connectivity index (χ1n) is 11.1. The summed E-state index contributed by atoms with van der Waals surface area (Å²) < 4.78 is 39.9. The summed E-state index contributed by atoms with van der Waals surface area (Å²) >= 11 is 0. The molecule has 7 nitrogen and oxygen atoms in total. The van der Waals surface area contributed by atoms with Gasteiger partial charge < -0.3 is 15.5 Å². The Morgan fingerprint density at radius 1 is 1.09 bits per heavy atom. The molecule has 10 heteroatoms. The zero-order chi connectivity index (χ0) is 24.5. The molecule has 0 radical (unpaired) electrons. The van der Waals surface area contributed by atoms with Gasteiger partial charge in [0.25, 0.3) is 5.91 Å². The van der Waals surface area contributed by atoms with E-state index in [1.807, 2.05) is 4.90 Å². The molecule has 0 spiro atoms. The first-order valence-corrected chi connectivity index (χ1v) is 11.1. The van der Waals surface area contributed by atoms with Crippen LogP contribution in [0.15, 0.2) is 48.5 Å². The van der Waals surface area contributed by atoms with Gasteiger partial charge in [-0.2, -0.15) is 13.2 Å². The average molecular weight is 474 g/mol. The highest BCUT2D eigenvalue weighted by Crippen LogP contribution is 2.37. The number of urea groups is 1. The van der Waals surface area contributed by atoms with E-state index in [-0.39, 0.29) is 12.1 Å². The average Bonchev–Trinajstić information content (AvgIpc) is 3.42. The molecule has 2 aliphatic rings. The van der Waals surface area contributed by atoms with E-state index in [2.05, 4.69) is 10.6 Å². The van der Waals surface area contributed by atoms with Crippen molar-refractivity contribution in [2.45, 2.75) is 37.9 Å². The van der Waals surface area contributed by atoms with Crippen molar-refractivity contribution in [3.63, 3.8) is 0 Å². The number of carbonyl (C=O) groups is 3. The van der Waals surface area contributed by atoms with Crippen LogP contribution in [0.4, 0.5) is 29.3 Å². The number of carbonyl (C=O) groups excluding carboxylic acids is 3. The number of rotatable bonds is 6. The van der Waals surface area contributed by atoms with Crippen LogP contribution >= 0.6 is 0 Å². The van der Waals surface area contributed by atoms with Crippen molar-refractivity contribution in [2.24, 2.45) is 0 Å². The van der Waals surface area contributed by atoms with Crippen molar-refractivity contribution in [1.82, 2.24) is 10.2 Å². The summed E-state index contributed by atoms with van der Waals surface area (Å²) in [6.07, 6.45) is -2.51. The normalized spacial score (nSPS) is 20.6. The van der Waals surface area contributed by atoms with Gasteiger partial charge in [-0.15, -0.1) is 0 Å². The van der Waals surface area contributed by atoms with Gasteiger partial charge >= 0.3 is 12.2 Å². The Balaban J connectivity index is 1.57. The lowest BCUT2D eigenvalue weighted by Crippen LogP contribution is -2.44. The third kappa shape index (κ3) is 4.32. The van der Waals surface area contributed by atoms with Crippen LogP contribution in [0.1, 0.15) is 37.3 Å². The predicted octanol–water partition coefficient (Wildman–Crippen LogP) is 4.10. The van der Waals surface area contributed by atoms with Crippen LogP contribution in [-0.4, -0.2) is 42.4 Å². The summed E-state index contributed by atoms with van der Waals surface area (Å²) in [4.78, 5) is 41.4. The summed E-state index contributed by atoms with van der Waals surface area (Å²) in [5.74, 6) is -1.34. The van der Waals surface area contributed by atoms with Gasteiger partial charge in [-0.25, -0.2) is 4.79 Å². The number of nitrogens with one attached hydrogen (secondary N) is 2. The van der Waals surface area contributed by atoms with E-state index in [0.717, 1.165) is 29.9 Å². The second kappa shape index (κ2) is 9.00. The monoisotopic (exact) mass is 474 g/mol. The summed E-state index contributed by atoms with van der Waals surface area (Å²) in [6.45, 7) is 2.46. The zero-order valence-corrected chi connectivity index (χ0v) is 18.6. The van der Waals surface area contributed by atoms with E-state index in [1.165, 1.54) is 6.07 Å². The molecule has 0 aromatic heterocycles. The van der Waals surface area contributed by atoms with Crippen LogP contribution in [0.5, 0.6) is 0 Å². The largest absolute Gasteiger partial charge is 0.416 e. The van der Waals surface area contributed by atoms with Gasteiger partial charge in [-0.3, -0.25) is 14.5 Å². The predicted molar refractivity (Wildman–Crippen MR) is 120 cm³/mol. The van der Waals surface area contributed by atoms with Gasteiger partial charge in [0.2, 0.25) is 5.91 Å². The third-order valence-corrected chi connectivity index (χ3v) is 6.32. The van der Waals surface area contributed by atoms with Crippen LogP contribution in [0, 0.1) is 0 Å². The standard InChI is InChI=1S/C24H25F3N4O3/c1-2-23(16-8-4-3-5-9-16)21(33)31(22(34)29-23)15-20(32)28-18-14-17(24(25,26)27)10-11-19(18)30-12-6-7-13-30/h3-5,8-11,14H,2,6-7,12-13,15H2,1H3,(H,28,32)(H,29,34)/t23-/m0/s1. The number of alkyl halides is 3. The van der Waals surface area contributed by atoms with Crippen molar-refractivity contribution in [1.29, 1.82) is 0 Å². The number of hydrogen-bond acceptors (Lipinski definition) is 4. The highest BCUT2D eigenvalue weighted by molar-refractivity contribution is 6.10. The van der Waals surface area contributed by atoms with E-state index >= 15 is 0 Å². The molecule has 2 fully saturated rings. The molecule has 2 aliphatic heterocycles. The van der Waals surface area contributed by atoms with Crippen LogP contribution < -0.4 is 15.5 Å². The first kappa shape index (κ1) is 23.6. The van der Waals surface area contributed by atoms with Gasteiger partial charge in [0, 0.05) is 13.1 Å². The van der Waals surface area contributed by atoms with Crippen molar-refractivity contribution in [3.05, 3.63) is 59.7 Å². The van der Waals surface area contributed by atoms with Crippen LogP contribution in [-0.2, 0) is 21.3 Å². The number of hydrogen-bond donors (Lipinski definition) is 2. The number of anilines is 2. The van der Waals surface area contributed by atoms with E-state index in [9.17, 15) is 27.6 Å². The first-order chi connectivity index (χ1) is 16.2.